The van der Waals surface area contributed by atoms with Gasteiger partial charge in [-0.1, -0.05) is 30.3 Å². The summed E-state index contributed by atoms with van der Waals surface area (Å²) < 4.78 is 69.9. The van der Waals surface area contributed by atoms with Crippen molar-refractivity contribution in [1.29, 1.82) is 0 Å². The van der Waals surface area contributed by atoms with Gasteiger partial charge < -0.3 is 4.74 Å². The van der Waals surface area contributed by atoms with E-state index in [0.717, 1.165) is 23.8 Å². The molecule has 0 aliphatic carbocycles. The van der Waals surface area contributed by atoms with Crippen LogP contribution in [-0.4, -0.2) is 33.3 Å². The zero-order valence-corrected chi connectivity index (χ0v) is 17.6. The van der Waals surface area contributed by atoms with Gasteiger partial charge in [-0.05, 0) is 37.1 Å². The summed E-state index contributed by atoms with van der Waals surface area (Å²) in [6, 6.07) is 9.96. The average Bonchev–Trinajstić information content (AvgIpc) is 2.72. The van der Waals surface area contributed by atoms with Gasteiger partial charge in [-0.2, -0.15) is 13.2 Å². The fourth-order valence-corrected chi connectivity index (χ4v) is 3.78. The second-order valence-electron chi connectivity index (χ2n) is 6.60. The first-order valence-corrected chi connectivity index (χ1v) is 11.0. The number of hydrogen-bond acceptors (Lipinski definition) is 5. The van der Waals surface area contributed by atoms with Gasteiger partial charge >= 0.3 is 12.1 Å². The topological polar surface area (TPSA) is 89.5 Å². The molecule has 2 rings (SSSR count). The smallest absolute Gasteiger partial charge is 0.416 e. The number of hydrogen-bond donors (Lipinski definition) is 1. The summed E-state index contributed by atoms with van der Waals surface area (Å²) in [5.74, 6) is -0.662. The quantitative estimate of drug-likeness (QED) is 0.434. The molecule has 0 unspecified atom stereocenters. The maximum atomic E-state index is 12.8. The number of ether oxygens (including phenoxy) is 1. The number of nitrogens with one attached hydrogen (secondary N) is 1. The van der Waals surface area contributed by atoms with Crippen LogP contribution >= 0.6 is 0 Å². The number of sulfonamides is 1. The zero-order chi connectivity index (χ0) is 23.1. The molecule has 0 bridgehead atoms. The van der Waals surface area contributed by atoms with Gasteiger partial charge in [0.2, 0.25) is 10.0 Å². The summed E-state index contributed by atoms with van der Waals surface area (Å²) in [5.41, 5.74) is 0.102. The third-order valence-corrected chi connectivity index (χ3v) is 5.77. The van der Waals surface area contributed by atoms with E-state index in [9.17, 15) is 31.2 Å². The van der Waals surface area contributed by atoms with Gasteiger partial charge in [-0.25, -0.2) is 13.1 Å². The van der Waals surface area contributed by atoms with Crippen LogP contribution < -0.4 is 4.72 Å². The highest BCUT2D eigenvalue weighted by Crippen LogP contribution is 2.30. The van der Waals surface area contributed by atoms with Crippen LogP contribution in [0, 0.1) is 0 Å². The Balaban J connectivity index is 1.91. The van der Waals surface area contributed by atoms with Crippen LogP contribution in [-0.2, 0) is 32.2 Å². The number of benzene rings is 2. The van der Waals surface area contributed by atoms with Gasteiger partial charge in [-0.15, -0.1) is 0 Å². The maximum absolute atomic E-state index is 12.8. The van der Waals surface area contributed by atoms with E-state index in [4.69, 9.17) is 4.74 Å². The Hall–Kier alpha value is -2.72. The Morgan fingerprint density at radius 3 is 2.32 bits per heavy atom. The van der Waals surface area contributed by atoms with Crippen molar-refractivity contribution in [3.63, 3.8) is 0 Å². The van der Waals surface area contributed by atoms with Gasteiger partial charge in [-0.3, -0.25) is 9.59 Å². The van der Waals surface area contributed by atoms with Crippen molar-refractivity contribution in [1.82, 2.24) is 4.72 Å². The Morgan fingerprint density at radius 1 is 1.03 bits per heavy atom. The largest absolute Gasteiger partial charge is 0.466 e. The average molecular weight is 457 g/mol. The van der Waals surface area contributed by atoms with Crippen LogP contribution in [0.4, 0.5) is 13.2 Å². The molecule has 0 aliphatic heterocycles. The molecule has 0 radical (unpaired) electrons. The lowest BCUT2D eigenvalue weighted by molar-refractivity contribution is -0.143. The van der Waals surface area contributed by atoms with E-state index in [1.165, 1.54) is 0 Å². The second kappa shape index (κ2) is 10.5. The molecular weight excluding hydrogens is 435 g/mol. The molecule has 0 aromatic heterocycles. The maximum Gasteiger partial charge on any atom is 0.416 e. The molecule has 2 aromatic carbocycles. The fraction of sp³-hybridized carbons (Fsp3) is 0.333. The number of halogens is 3. The molecule has 6 nitrogen and oxygen atoms in total. The number of alkyl halides is 3. The van der Waals surface area contributed by atoms with E-state index in [1.807, 2.05) is 0 Å². The number of carbonyl (C=O) groups is 2. The van der Waals surface area contributed by atoms with Crippen molar-refractivity contribution in [2.45, 2.75) is 37.3 Å². The molecule has 0 fully saturated rings. The number of rotatable bonds is 10. The van der Waals surface area contributed by atoms with Crippen molar-refractivity contribution in [2.75, 3.05) is 13.2 Å². The van der Waals surface area contributed by atoms with E-state index in [1.54, 1.807) is 31.2 Å². The zero-order valence-electron chi connectivity index (χ0n) is 16.7. The Kier molecular flexibility index (Phi) is 8.35. The predicted octanol–water partition coefficient (Wildman–Crippen LogP) is 3.75. The van der Waals surface area contributed by atoms with Crippen LogP contribution in [0.25, 0.3) is 0 Å². The van der Waals surface area contributed by atoms with Crippen LogP contribution in [0.5, 0.6) is 0 Å². The highest BCUT2D eigenvalue weighted by atomic mass is 32.2. The lowest BCUT2D eigenvalue weighted by Crippen LogP contribution is -2.26. The molecule has 0 saturated carbocycles. The van der Waals surface area contributed by atoms with Crippen LogP contribution in [0.15, 0.2) is 53.4 Å². The van der Waals surface area contributed by atoms with E-state index in [2.05, 4.69) is 4.72 Å². The Labute approximate surface area is 178 Å². The third kappa shape index (κ3) is 7.48. The molecule has 168 valence electrons. The second-order valence-corrected chi connectivity index (χ2v) is 8.37. The van der Waals surface area contributed by atoms with E-state index in [0.29, 0.717) is 11.6 Å². The van der Waals surface area contributed by atoms with Gasteiger partial charge in [0.05, 0.1) is 23.5 Å². The minimum atomic E-state index is -4.64. The first kappa shape index (κ1) is 24.5. The van der Waals surface area contributed by atoms with E-state index >= 15 is 0 Å². The molecular formula is C21H22F3NO5S. The normalized spacial score (nSPS) is 11.9. The minimum Gasteiger partial charge on any atom is -0.466 e. The van der Waals surface area contributed by atoms with Gasteiger partial charge in [0.25, 0.3) is 0 Å². The summed E-state index contributed by atoms with van der Waals surface area (Å²) >= 11 is 0. The molecule has 0 aliphatic rings. The SMILES string of the molecule is CCOC(=O)CCC(=O)c1ccc(CCNS(=O)(=O)c2cccc(C(F)(F)F)c2)cc1. The van der Waals surface area contributed by atoms with Crippen LogP contribution in [0.1, 0.15) is 41.3 Å². The Bertz CT molecular complexity index is 1020. The first-order valence-electron chi connectivity index (χ1n) is 9.47. The van der Waals surface area contributed by atoms with Gasteiger partial charge in [0.1, 0.15) is 0 Å². The molecule has 10 heteroatoms. The molecule has 31 heavy (non-hydrogen) atoms. The summed E-state index contributed by atoms with van der Waals surface area (Å²) in [6.07, 6.45) is -4.35. The van der Waals surface area contributed by atoms with Gasteiger partial charge in [0.15, 0.2) is 5.78 Å². The van der Waals surface area contributed by atoms with Crippen molar-refractivity contribution in [3.8, 4) is 0 Å². The van der Waals surface area contributed by atoms with Crippen molar-refractivity contribution in [3.05, 3.63) is 65.2 Å². The van der Waals surface area contributed by atoms with Crippen molar-refractivity contribution < 1.29 is 35.9 Å². The standard InChI is InChI=1S/C21H22F3NO5S/c1-2-30-20(27)11-10-19(26)16-8-6-15(7-9-16)12-13-25-31(28,29)18-5-3-4-17(14-18)21(22,23)24/h3-9,14,25H,2,10-13H2,1H3. The minimum absolute atomic E-state index is 0.00819. The number of Topliss-reactive ketones (excluding diaryl/α,β-unsaturated/α-hetero) is 1. The van der Waals surface area contributed by atoms with E-state index in [-0.39, 0.29) is 38.2 Å². The lowest BCUT2D eigenvalue weighted by atomic mass is 10.0. The molecule has 0 heterocycles. The predicted molar refractivity (Wildman–Crippen MR) is 107 cm³/mol. The molecule has 2 aromatic rings. The summed E-state index contributed by atoms with van der Waals surface area (Å²) in [7, 11) is -4.10. The highest BCUT2D eigenvalue weighted by molar-refractivity contribution is 7.89. The molecule has 0 atom stereocenters. The summed E-state index contributed by atoms with van der Waals surface area (Å²) in [5, 5.41) is 0. The number of carbonyl (C=O) groups excluding carboxylic acids is 2. The summed E-state index contributed by atoms with van der Waals surface area (Å²) in [6.45, 7) is 1.89. The van der Waals surface area contributed by atoms with Crippen LogP contribution in [0.3, 0.4) is 0 Å². The Morgan fingerprint density at radius 2 is 1.71 bits per heavy atom. The highest BCUT2D eigenvalue weighted by Gasteiger charge is 2.31. The fourth-order valence-electron chi connectivity index (χ4n) is 2.70. The molecule has 1 N–H and O–H groups in total. The lowest BCUT2D eigenvalue weighted by Gasteiger charge is -2.10. The first-order chi connectivity index (χ1) is 14.5. The third-order valence-electron chi connectivity index (χ3n) is 4.31. The molecule has 0 amide bonds. The monoisotopic (exact) mass is 457 g/mol. The van der Waals surface area contributed by atoms with Crippen molar-refractivity contribution >= 4 is 21.8 Å². The number of esters is 1. The summed E-state index contributed by atoms with van der Waals surface area (Å²) in [4.78, 5) is 22.9. The van der Waals surface area contributed by atoms with E-state index < -0.39 is 32.6 Å². The molecule has 0 saturated heterocycles. The van der Waals surface area contributed by atoms with Crippen LogP contribution in [0.2, 0.25) is 0 Å². The number of ketones is 1. The molecule has 0 spiro atoms. The van der Waals surface area contributed by atoms with Crippen molar-refractivity contribution in [2.24, 2.45) is 0 Å². The van der Waals surface area contributed by atoms with Gasteiger partial charge in [0, 0.05) is 18.5 Å².